The fourth-order valence-electron chi connectivity index (χ4n) is 2.09. The molecule has 3 N–H and O–H groups in total. The highest BCUT2D eigenvalue weighted by Gasteiger charge is 2.30. The van der Waals surface area contributed by atoms with Gasteiger partial charge in [-0.1, -0.05) is 12.1 Å². The maximum Gasteiger partial charge on any atom is 0.416 e. The molecule has 2 amide bonds. The number of ether oxygens (including phenoxy) is 1. The number of rotatable bonds is 5. The van der Waals surface area contributed by atoms with Crippen molar-refractivity contribution >= 4 is 23.7 Å². The van der Waals surface area contributed by atoms with E-state index >= 15 is 0 Å². The van der Waals surface area contributed by atoms with E-state index in [4.69, 9.17) is 4.74 Å². The van der Waals surface area contributed by atoms with Gasteiger partial charge in [0, 0.05) is 11.3 Å². The van der Waals surface area contributed by atoms with E-state index in [9.17, 15) is 27.9 Å². The van der Waals surface area contributed by atoms with Crippen LogP contribution in [0.15, 0.2) is 47.6 Å². The number of para-hydroxylation sites is 1. The number of amides is 2. The minimum absolute atomic E-state index is 0.194. The van der Waals surface area contributed by atoms with Crippen LogP contribution in [0.1, 0.15) is 18.1 Å². The lowest BCUT2D eigenvalue weighted by Gasteiger charge is -2.09. The number of phenolic OH excluding ortho intramolecular Hbond substituents is 1. The number of hydrazone groups is 1. The van der Waals surface area contributed by atoms with E-state index < -0.39 is 23.6 Å². The van der Waals surface area contributed by atoms with Gasteiger partial charge in [0.15, 0.2) is 11.5 Å². The number of carbonyl (C=O) groups excluding carboxylic acids is 2. The Kier molecular flexibility index (Phi) is 6.59. The number of phenols is 1. The molecular formula is C18H16F3N3O4. The molecular weight excluding hydrogens is 379 g/mol. The van der Waals surface area contributed by atoms with E-state index in [-0.39, 0.29) is 22.7 Å². The zero-order chi connectivity index (χ0) is 20.7. The highest BCUT2D eigenvalue weighted by Crippen LogP contribution is 2.30. The van der Waals surface area contributed by atoms with Crippen LogP contribution in [0.5, 0.6) is 11.5 Å². The number of alkyl halides is 3. The number of nitrogens with zero attached hydrogens (tertiary/aromatic N) is 1. The highest BCUT2D eigenvalue weighted by atomic mass is 19.4. The fraction of sp³-hybridized carbons (Fsp3) is 0.167. The van der Waals surface area contributed by atoms with Gasteiger partial charge in [0.1, 0.15) is 0 Å². The Labute approximate surface area is 157 Å². The first-order chi connectivity index (χ1) is 13.2. The van der Waals surface area contributed by atoms with Gasteiger partial charge in [-0.2, -0.15) is 18.3 Å². The van der Waals surface area contributed by atoms with E-state index in [1.807, 2.05) is 10.7 Å². The van der Waals surface area contributed by atoms with Gasteiger partial charge in [0.2, 0.25) is 0 Å². The molecule has 0 saturated carbocycles. The second-order valence-electron chi connectivity index (χ2n) is 5.36. The second-order valence-corrected chi connectivity index (χ2v) is 5.36. The molecule has 0 heterocycles. The minimum Gasteiger partial charge on any atom is -0.504 e. The second kappa shape index (κ2) is 8.89. The Bertz CT molecular complexity index is 898. The number of halogens is 3. The summed E-state index contributed by atoms with van der Waals surface area (Å²) in [6.45, 7) is 2.07. The molecule has 2 aromatic rings. The third-order valence-electron chi connectivity index (χ3n) is 3.35. The molecule has 0 aromatic heterocycles. The minimum atomic E-state index is -4.58. The molecule has 0 aliphatic rings. The molecule has 0 fully saturated rings. The average molecular weight is 395 g/mol. The maximum absolute atomic E-state index is 12.7. The zero-order valence-electron chi connectivity index (χ0n) is 14.6. The summed E-state index contributed by atoms with van der Waals surface area (Å²) in [5.41, 5.74) is 0.987. The van der Waals surface area contributed by atoms with Crippen molar-refractivity contribution in [1.29, 1.82) is 0 Å². The molecule has 148 valence electrons. The van der Waals surface area contributed by atoms with E-state index in [1.54, 1.807) is 13.0 Å². The third-order valence-corrected chi connectivity index (χ3v) is 3.35. The van der Waals surface area contributed by atoms with E-state index in [2.05, 4.69) is 5.10 Å². The van der Waals surface area contributed by atoms with Crippen molar-refractivity contribution in [2.24, 2.45) is 5.10 Å². The van der Waals surface area contributed by atoms with Crippen molar-refractivity contribution in [3.63, 3.8) is 0 Å². The summed E-state index contributed by atoms with van der Waals surface area (Å²) in [7, 11) is 0. The number of carbonyl (C=O) groups is 2. The molecule has 2 rings (SSSR count). The van der Waals surface area contributed by atoms with Gasteiger partial charge in [-0.15, -0.1) is 0 Å². The van der Waals surface area contributed by atoms with Crippen LogP contribution in [0, 0.1) is 0 Å². The molecule has 10 heteroatoms. The summed E-state index contributed by atoms with van der Waals surface area (Å²) < 4.78 is 43.2. The monoisotopic (exact) mass is 395 g/mol. The van der Waals surface area contributed by atoms with Crippen LogP contribution in [0.25, 0.3) is 0 Å². The number of hydrogen-bond acceptors (Lipinski definition) is 5. The lowest BCUT2D eigenvalue weighted by atomic mass is 10.2. The predicted octanol–water partition coefficient (Wildman–Crippen LogP) is 2.90. The maximum atomic E-state index is 12.7. The summed E-state index contributed by atoms with van der Waals surface area (Å²) >= 11 is 0. The Morgan fingerprint density at radius 1 is 1.18 bits per heavy atom. The number of aromatic hydroxyl groups is 1. The van der Waals surface area contributed by atoms with Crippen molar-refractivity contribution in [2.45, 2.75) is 13.1 Å². The van der Waals surface area contributed by atoms with Crippen molar-refractivity contribution in [2.75, 3.05) is 11.9 Å². The Hall–Kier alpha value is -3.56. The van der Waals surface area contributed by atoms with Gasteiger partial charge < -0.3 is 15.2 Å². The molecule has 2 aromatic carbocycles. The molecule has 0 bridgehead atoms. The largest absolute Gasteiger partial charge is 0.504 e. The van der Waals surface area contributed by atoms with Gasteiger partial charge in [-0.3, -0.25) is 9.59 Å². The first kappa shape index (κ1) is 20.7. The van der Waals surface area contributed by atoms with Crippen LogP contribution in [0.2, 0.25) is 0 Å². The van der Waals surface area contributed by atoms with Crippen LogP contribution in [-0.4, -0.2) is 29.7 Å². The van der Waals surface area contributed by atoms with Crippen LogP contribution in [-0.2, 0) is 15.8 Å². The standard InChI is InChI=1S/C18H16F3N3O4/c1-2-28-14-8-3-5-11(15(14)25)10-22-24-17(27)16(26)23-13-7-4-6-12(9-13)18(19,20)21/h3-10,25H,2H2,1H3,(H,23,26)(H,24,27)/b22-10-. The Balaban J connectivity index is 1.99. The normalized spacial score (nSPS) is 11.3. The lowest BCUT2D eigenvalue weighted by Crippen LogP contribution is -2.32. The van der Waals surface area contributed by atoms with Crippen LogP contribution in [0.3, 0.4) is 0 Å². The number of anilines is 1. The molecule has 0 atom stereocenters. The van der Waals surface area contributed by atoms with Crippen LogP contribution < -0.4 is 15.5 Å². The van der Waals surface area contributed by atoms with Crippen molar-refractivity contribution in [3.05, 3.63) is 53.6 Å². The van der Waals surface area contributed by atoms with Crippen molar-refractivity contribution < 1.29 is 32.6 Å². The van der Waals surface area contributed by atoms with Gasteiger partial charge in [0.25, 0.3) is 0 Å². The zero-order valence-corrected chi connectivity index (χ0v) is 14.6. The Morgan fingerprint density at radius 3 is 2.57 bits per heavy atom. The van der Waals surface area contributed by atoms with E-state index in [0.29, 0.717) is 12.7 Å². The molecule has 0 aliphatic carbocycles. The molecule has 0 aliphatic heterocycles. The molecule has 0 saturated heterocycles. The lowest BCUT2D eigenvalue weighted by molar-refractivity contribution is -0.137. The van der Waals surface area contributed by atoms with Crippen LogP contribution in [0.4, 0.5) is 18.9 Å². The van der Waals surface area contributed by atoms with Gasteiger partial charge in [0.05, 0.1) is 18.4 Å². The smallest absolute Gasteiger partial charge is 0.416 e. The molecule has 0 radical (unpaired) electrons. The predicted molar refractivity (Wildman–Crippen MR) is 95.1 cm³/mol. The highest BCUT2D eigenvalue weighted by molar-refractivity contribution is 6.39. The summed E-state index contributed by atoms with van der Waals surface area (Å²) in [5.74, 6) is -2.38. The van der Waals surface area contributed by atoms with Crippen molar-refractivity contribution in [1.82, 2.24) is 5.43 Å². The molecule has 7 nitrogen and oxygen atoms in total. The number of benzene rings is 2. The van der Waals surface area contributed by atoms with Gasteiger partial charge in [-0.25, -0.2) is 5.43 Å². The molecule has 0 unspecified atom stereocenters. The quantitative estimate of drug-likeness (QED) is 0.412. The first-order valence-electron chi connectivity index (χ1n) is 7.98. The Morgan fingerprint density at radius 2 is 1.89 bits per heavy atom. The average Bonchev–Trinajstić information content (AvgIpc) is 2.64. The third kappa shape index (κ3) is 5.47. The summed E-state index contributed by atoms with van der Waals surface area (Å²) in [5, 5.41) is 15.6. The number of nitrogens with one attached hydrogen (secondary N) is 2. The van der Waals surface area contributed by atoms with Crippen molar-refractivity contribution in [3.8, 4) is 11.5 Å². The van der Waals surface area contributed by atoms with Gasteiger partial charge >= 0.3 is 18.0 Å². The molecule has 0 spiro atoms. The fourth-order valence-corrected chi connectivity index (χ4v) is 2.09. The van der Waals surface area contributed by atoms with Gasteiger partial charge in [-0.05, 0) is 37.3 Å². The number of hydrogen-bond donors (Lipinski definition) is 3. The molecule has 28 heavy (non-hydrogen) atoms. The summed E-state index contributed by atoms with van der Waals surface area (Å²) in [6, 6.07) is 8.47. The SMILES string of the molecule is CCOc1cccc(/C=N\NC(=O)C(=O)Nc2cccc(C(F)(F)F)c2)c1O. The first-order valence-corrected chi connectivity index (χ1v) is 7.98. The summed E-state index contributed by atoms with van der Waals surface area (Å²) in [4.78, 5) is 23.5. The van der Waals surface area contributed by atoms with E-state index in [0.717, 1.165) is 18.3 Å². The topological polar surface area (TPSA) is 100 Å². The van der Waals surface area contributed by atoms with Crippen LogP contribution >= 0.6 is 0 Å². The summed E-state index contributed by atoms with van der Waals surface area (Å²) in [6.07, 6.45) is -3.49. The van der Waals surface area contributed by atoms with E-state index in [1.165, 1.54) is 18.2 Å².